The molecule has 0 aromatic heterocycles. The Morgan fingerprint density at radius 3 is 1.05 bits per heavy atom. The molecule has 0 N–H and O–H groups in total. The normalized spacial score (nSPS) is 13.0. The maximum absolute atomic E-state index is 10.8. The van der Waals surface area contributed by atoms with Crippen molar-refractivity contribution in [3.05, 3.63) is 0 Å². The summed E-state index contributed by atoms with van der Waals surface area (Å²) in [5.41, 5.74) is 0. The van der Waals surface area contributed by atoms with Gasteiger partial charge in [-0.25, -0.2) is 25.2 Å². The zero-order valence-corrected chi connectivity index (χ0v) is 17.9. The molecule has 0 aliphatic rings. The van der Waals surface area contributed by atoms with E-state index < -0.39 is 57.4 Å². The Morgan fingerprint density at radius 2 is 0.857 bits per heavy atom. The van der Waals surface area contributed by atoms with Crippen molar-refractivity contribution in [2.75, 3.05) is 17.0 Å². The average Bonchev–Trinajstić information content (AvgIpc) is 1.90. The van der Waals surface area contributed by atoms with E-state index in [0.29, 0.717) is 0 Å². The molecule has 12 nitrogen and oxygen atoms in total. The summed E-state index contributed by atoms with van der Waals surface area (Å²) in [5, 5.41) is -3.94. The monoisotopic (exact) mass is 408 g/mol. The van der Waals surface area contributed by atoms with Crippen molar-refractivity contribution in [3.63, 3.8) is 0 Å². The maximum Gasteiger partial charge on any atom is 1.00 e. The van der Waals surface area contributed by atoms with Crippen molar-refractivity contribution in [2.24, 2.45) is 0 Å². The van der Waals surface area contributed by atoms with E-state index in [1.807, 2.05) is 0 Å². The summed E-state index contributed by atoms with van der Waals surface area (Å²) in [7, 11) is -20.2. The van der Waals surface area contributed by atoms with Gasteiger partial charge in [-0.2, -0.15) is 16.8 Å². The Hall–Kier alpha value is 1.64. The van der Waals surface area contributed by atoms with E-state index >= 15 is 0 Å². The first-order valence-corrected chi connectivity index (χ1v) is 10.0. The van der Waals surface area contributed by atoms with Crippen LogP contribution in [0.15, 0.2) is 0 Å². The predicted octanol–water partition coefficient (Wildman–Crippen LogP) is -9.35. The van der Waals surface area contributed by atoms with Crippen LogP contribution in [-0.2, 0) is 48.8 Å². The average molecular weight is 408 g/mol. The van der Waals surface area contributed by atoms with Crippen molar-refractivity contribution >= 4 is 40.5 Å². The van der Waals surface area contributed by atoms with Crippen LogP contribution in [0.4, 0.5) is 0 Å². The van der Waals surface area contributed by atoms with E-state index in [4.69, 9.17) is 0 Å². The first kappa shape index (κ1) is 27.5. The van der Waals surface area contributed by atoms with Crippen molar-refractivity contribution in [3.8, 4) is 0 Å². The molecule has 0 fully saturated rings. The molecule has 0 rings (SSSR count). The third kappa shape index (κ3) is 17.8. The number of hydrogen-bond acceptors (Lipinski definition) is 12. The van der Waals surface area contributed by atoms with E-state index in [-0.39, 0.29) is 59.1 Å². The molecule has 0 aromatic carbocycles. The van der Waals surface area contributed by atoms with Crippen molar-refractivity contribution in [1.82, 2.24) is 0 Å². The van der Waals surface area contributed by atoms with Crippen LogP contribution in [0.5, 0.6) is 0 Å². The fourth-order valence-electron chi connectivity index (χ4n) is 0.588. The van der Waals surface area contributed by atoms with Gasteiger partial charge < -0.3 is 9.11 Å². The quantitative estimate of drug-likeness (QED) is 0.159. The summed E-state index contributed by atoms with van der Waals surface area (Å²) in [5.74, 6) is 0. The van der Waals surface area contributed by atoms with Gasteiger partial charge in [0.2, 0.25) is 0 Å². The topological polar surface area (TPSA) is 201 Å². The molecule has 0 saturated carbocycles. The second-order valence-corrected chi connectivity index (χ2v) is 9.64. The fraction of sp³-hybridized carbons (Fsp3) is 1.00. The van der Waals surface area contributed by atoms with E-state index in [1.54, 1.807) is 0 Å². The molecular weight excluding hydrogens is 402 g/mol. The first-order valence-electron chi connectivity index (χ1n) is 3.73. The molecule has 21 heavy (non-hydrogen) atoms. The first-order chi connectivity index (χ1) is 8.12. The van der Waals surface area contributed by atoms with Crippen LogP contribution in [0.25, 0.3) is 0 Å². The maximum atomic E-state index is 10.8. The van der Waals surface area contributed by atoms with Crippen LogP contribution in [0, 0.1) is 0 Å². The fourth-order valence-corrected chi connectivity index (χ4v) is 4.41. The number of hydrogen-bond donors (Lipinski definition) is 0. The largest absolute Gasteiger partial charge is 1.00 e. The summed E-state index contributed by atoms with van der Waals surface area (Å²) in [6, 6.07) is 0. The second-order valence-electron chi connectivity index (χ2n) is 2.82. The third-order valence-electron chi connectivity index (χ3n) is 1.03. The third-order valence-corrected chi connectivity index (χ3v) is 6.56. The molecule has 116 valence electrons. The van der Waals surface area contributed by atoms with Crippen LogP contribution < -0.4 is 59.1 Å². The predicted molar refractivity (Wildman–Crippen MR) is 54.0 cm³/mol. The molecule has 0 atom stereocenters. The molecule has 0 radical (unpaired) electrons. The summed E-state index contributed by atoms with van der Waals surface area (Å²) >= 11 is 0. The second kappa shape index (κ2) is 9.82. The molecule has 0 amide bonds. The van der Waals surface area contributed by atoms with Gasteiger partial charge in [-0.05, 0) is 0 Å². The minimum absolute atomic E-state index is 0. The Balaban J connectivity index is -0.00000162. The van der Waals surface area contributed by atoms with Gasteiger partial charge in [0.1, 0.15) is 20.2 Å². The Bertz CT molecular complexity index is 649. The van der Waals surface area contributed by atoms with Gasteiger partial charge in [0.05, 0.1) is 0 Å². The Morgan fingerprint density at radius 1 is 0.619 bits per heavy atom. The van der Waals surface area contributed by atoms with Crippen LogP contribution in [0.2, 0.25) is 0 Å². The summed E-state index contributed by atoms with van der Waals surface area (Å²) in [4.78, 5) is 0. The Labute approximate surface area is 165 Å². The SMILES string of the molecule is O=S(=O)([O-])CS(=O)(=O)OCOS(=O)(=O)CS(=O)(=O)[O-].[Na+].[Na+]. The molecule has 0 saturated heterocycles. The van der Waals surface area contributed by atoms with E-state index in [0.717, 1.165) is 0 Å². The zero-order valence-electron chi connectivity index (χ0n) is 10.7. The van der Waals surface area contributed by atoms with Gasteiger partial charge in [0.25, 0.3) is 20.2 Å². The van der Waals surface area contributed by atoms with Crippen LogP contribution >= 0.6 is 0 Å². The van der Waals surface area contributed by atoms with Gasteiger partial charge in [-0.1, -0.05) is 0 Å². The van der Waals surface area contributed by atoms with Gasteiger partial charge in [-0.3, -0.25) is 0 Å². The van der Waals surface area contributed by atoms with Crippen molar-refractivity contribution in [2.45, 2.75) is 0 Å². The molecule has 0 aliphatic heterocycles. The van der Waals surface area contributed by atoms with Crippen LogP contribution in [0.3, 0.4) is 0 Å². The van der Waals surface area contributed by atoms with Crippen LogP contribution in [-0.4, -0.2) is 59.7 Å². The molecular formula is C3H6Na2O12S4. The minimum atomic E-state index is -5.19. The van der Waals surface area contributed by atoms with Gasteiger partial charge in [0.15, 0.2) is 17.0 Å². The van der Waals surface area contributed by atoms with Gasteiger partial charge >= 0.3 is 59.1 Å². The molecule has 0 aromatic rings. The standard InChI is InChI=1S/C3H8O12S4.2Na/c4-16(5,6)2-18(10,11)14-1-15-19(12,13)3-17(7,8)9;;/h1-3H2,(H,4,5,6)(H,7,8,9);;/q;2*+1/p-2. The van der Waals surface area contributed by atoms with E-state index in [2.05, 4.69) is 8.37 Å². The molecule has 0 bridgehead atoms. The molecule has 0 unspecified atom stereocenters. The zero-order chi connectivity index (χ0) is 15.5. The smallest absolute Gasteiger partial charge is 0.747 e. The van der Waals surface area contributed by atoms with Crippen molar-refractivity contribution < 1.29 is 110 Å². The number of rotatable bonds is 8. The molecule has 0 spiro atoms. The summed E-state index contributed by atoms with van der Waals surface area (Å²) < 4.78 is 111. The summed E-state index contributed by atoms with van der Waals surface area (Å²) in [6.45, 7) is -1.62. The van der Waals surface area contributed by atoms with Crippen LogP contribution in [0.1, 0.15) is 0 Å². The van der Waals surface area contributed by atoms with E-state index in [9.17, 15) is 42.8 Å². The molecule has 18 heteroatoms. The Kier molecular flexibility index (Phi) is 12.9. The van der Waals surface area contributed by atoms with Gasteiger partial charge in [0, 0.05) is 0 Å². The van der Waals surface area contributed by atoms with Gasteiger partial charge in [-0.15, -0.1) is 0 Å². The van der Waals surface area contributed by atoms with E-state index in [1.165, 1.54) is 0 Å². The van der Waals surface area contributed by atoms with Crippen molar-refractivity contribution in [1.29, 1.82) is 0 Å². The molecule has 0 heterocycles. The molecule has 0 aliphatic carbocycles. The minimum Gasteiger partial charge on any atom is -0.747 e. The summed E-state index contributed by atoms with van der Waals surface area (Å²) in [6.07, 6.45) is 0.